The third kappa shape index (κ3) is 3.19. The lowest BCUT2D eigenvalue weighted by Crippen LogP contribution is -2.04. The predicted octanol–water partition coefficient (Wildman–Crippen LogP) is 4.39. The van der Waals surface area contributed by atoms with Gasteiger partial charge < -0.3 is 4.98 Å². The largest absolute Gasteiger partial charge is 0.347 e. The molecule has 100 valence electrons. The third-order valence-electron chi connectivity index (χ3n) is 3.03. The first-order valence-corrected chi connectivity index (χ1v) is 6.82. The maximum atomic E-state index is 13.0. The summed E-state index contributed by atoms with van der Waals surface area (Å²) in [4.78, 5) is 7.61. The number of hydrogen-bond donors (Lipinski definition) is 1. The van der Waals surface area contributed by atoms with Gasteiger partial charge in [-0.3, -0.25) is 0 Å². The van der Waals surface area contributed by atoms with Crippen LogP contribution < -0.4 is 0 Å². The van der Waals surface area contributed by atoms with Gasteiger partial charge in [-0.15, -0.1) is 0 Å². The lowest BCUT2D eigenvalue weighted by atomic mass is 10.1. The first-order chi connectivity index (χ1) is 9.01. The zero-order valence-corrected chi connectivity index (χ0v) is 12.3. The summed E-state index contributed by atoms with van der Waals surface area (Å²) in [5.41, 5.74) is 2.91. The Morgan fingerprint density at radius 2 is 2.16 bits per heavy atom. The highest BCUT2D eigenvalue weighted by molar-refractivity contribution is 7.71. The summed E-state index contributed by atoms with van der Waals surface area (Å²) >= 11 is 11.3. The number of rotatable bonds is 3. The first-order valence-electron chi connectivity index (χ1n) is 6.04. The number of aryl methyl sites for hydroxylation is 1. The molecule has 0 bridgehead atoms. The van der Waals surface area contributed by atoms with Crippen LogP contribution in [0.5, 0.6) is 0 Å². The predicted molar refractivity (Wildman–Crippen MR) is 77.8 cm³/mol. The smallest absolute Gasteiger partial charge is 0.132 e. The van der Waals surface area contributed by atoms with Crippen LogP contribution in [-0.2, 0) is 12.8 Å². The fourth-order valence-corrected chi connectivity index (χ4v) is 2.38. The van der Waals surface area contributed by atoms with E-state index in [1.165, 1.54) is 12.1 Å². The molecule has 0 spiro atoms. The highest BCUT2D eigenvalue weighted by Gasteiger charge is 2.07. The van der Waals surface area contributed by atoms with Crippen molar-refractivity contribution < 1.29 is 4.39 Å². The van der Waals surface area contributed by atoms with Crippen molar-refractivity contribution in [3.63, 3.8) is 0 Å². The molecule has 0 aliphatic carbocycles. The normalized spacial score (nSPS) is 10.7. The van der Waals surface area contributed by atoms with E-state index in [0.29, 0.717) is 16.1 Å². The molecule has 0 unspecified atom stereocenters. The number of halogens is 2. The zero-order valence-electron chi connectivity index (χ0n) is 10.8. The van der Waals surface area contributed by atoms with Crippen molar-refractivity contribution >= 4 is 23.8 Å². The van der Waals surface area contributed by atoms with Crippen molar-refractivity contribution in [1.82, 2.24) is 9.97 Å². The number of nitrogens with zero attached hydrogens (tertiary/aromatic N) is 1. The maximum Gasteiger partial charge on any atom is 0.132 e. The molecule has 2 rings (SSSR count). The molecule has 0 aliphatic rings. The minimum Gasteiger partial charge on any atom is -0.347 e. The van der Waals surface area contributed by atoms with Crippen molar-refractivity contribution in [3.8, 4) is 0 Å². The Bertz CT molecular complexity index is 667. The van der Waals surface area contributed by atoms with E-state index in [1.54, 1.807) is 6.07 Å². The van der Waals surface area contributed by atoms with Gasteiger partial charge >= 0.3 is 0 Å². The molecular weight excluding hydrogens is 283 g/mol. The lowest BCUT2D eigenvalue weighted by molar-refractivity contribution is 0.627. The van der Waals surface area contributed by atoms with Crippen LogP contribution >= 0.6 is 23.8 Å². The van der Waals surface area contributed by atoms with Gasteiger partial charge in [-0.25, -0.2) is 9.37 Å². The van der Waals surface area contributed by atoms with Crippen LogP contribution in [0.15, 0.2) is 18.2 Å². The Kier molecular flexibility index (Phi) is 4.32. The highest BCUT2D eigenvalue weighted by Crippen LogP contribution is 2.20. The second kappa shape index (κ2) is 5.80. The summed E-state index contributed by atoms with van der Waals surface area (Å²) in [7, 11) is 0. The molecule has 1 aromatic carbocycles. The van der Waals surface area contributed by atoms with Gasteiger partial charge in [0.2, 0.25) is 0 Å². The molecule has 19 heavy (non-hydrogen) atoms. The van der Waals surface area contributed by atoms with Crippen molar-refractivity contribution in [3.05, 3.63) is 56.3 Å². The van der Waals surface area contributed by atoms with Crippen molar-refractivity contribution in [2.75, 3.05) is 0 Å². The van der Waals surface area contributed by atoms with Crippen LogP contribution in [0.4, 0.5) is 4.39 Å². The maximum absolute atomic E-state index is 13.0. The van der Waals surface area contributed by atoms with Gasteiger partial charge in [0, 0.05) is 22.7 Å². The minimum absolute atomic E-state index is 0.340. The third-order valence-corrected chi connectivity index (χ3v) is 3.78. The van der Waals surface area contributed by atoms with E-state index >= 15 is 0 Å². The van der Waals surface area contributed by atoms with E-state index in [9.17, 15) is 4.39 Å². The van der Waals surface area contributed by atoms with Crippen LogP contribution in [0, 0.1) is 17.4 Å². The van der Waals surface area contributed by atoms with Gasteiger partial charge in [-0.1, -0.05) is 36.8 Å². The molecule has 2 aromatic rings. The van der Waals surface area contributed by atoms with Crippen molar-refractivity contribution in [2.24, 2.45) is 0 Å². The van der Waals surface area contributed by atoms with Gasteiger partial charge in [0.25, 0.3) is 0 Å². The quantitative estimate of drug-likeness (QED) is 0.851. The number of hydrogen-bond acceptors (Lipinski definition) is 2. The molecule has 5 heteroatoms. The number of nitrogens with one attached hydrogen (secondary N) is 1. The molecule has 0 aliphatic heterocycles. The summed E-state index contributed by atoms with van der Waals surface area (Å²) in [5.74, 6) is 0.411. The summed E-state index contributed by atoms with van der Waals surface area (Å²) in [6.07, 6.45) is 1.37. The summed E-state index contributed by atoms with van der Waals surface area (Å²) in [6.45, 7) is 4.02. The highest BCUT2D eigenvalue weighted by atomic mass is 35.5. The molecular formula is C14H14ClFN2S. The topological polar surface area (TPSA) is 28.7 Å². The van der Waals surface area contributed by atoms with Gasteiger partial charge in [0.1, 0.15) is 16.3 Å². The van der Waals surface area contributed by atoms with Crippen LogP contribution in [0.1, 0.15) is 29.6 Å². The van der Waals surface area contributed by atoms with Crippen LogP contribution in [0.2, 0.25) is 5.02 Å². The van der Waals surface area contributed by atoms with Crippen LogP contribution in [0.25, 0.3) is 0 Å². The molecule has 1 aromatic heterocycles. The number of aromatic nitrogens is 2. The lowest BCUT2D eigenvalue weighted by Gasteiger charge is -2.09. The molecule has 0 saturated heterocycles. The molecule has 0 atom stereocenters. The standard InChI is InChI=1S/C14H14ClFN2S/c1-3-12-8(2)14(19)18-13(17-12)6-9-4-5-10(16)7-11(9)15/h4-5,7H,3,6H2,1-2H3,(H,17,18,19). The van der Waals surface area contributed by atoms with Gasteiger partial charge in [-0.2, -0.15) is 0 Å². The second-order valence-electron chi connectivity index (χ2n) is 4.36. The van der Waals surface area contributed by atoms with E-state index in [0.717, 1.165) is 29.1 Å². The monoisotopic (exact) mass is 296 g/mol. The molecule has 1 heterocycles. The Labute approximate surface area is 121 Å². The van der Waals surface area contributed by atoms with Crippen molar-refractivity contribution in [2.45, 2.75) is 26.7 Å². The molecule has 1 N–H and O–H groups in total. The van der Waals surface area contributed by atoms with E-state index in [1.807, 2.05) is 6.92 Å². The average molecular weight is 297 g/mol. The summed E-state index contributed by atoms with van der Waals surface area (Å²) in [6, 6.07) is 4.37. The molecule has 0 saturated carbocycles. The van der Waals surface area contributed by atoms with E-state index in [4.69, 9.17) is 23.8 Å². The zero-order chi connectivity index (χ0) is 14.0. The van der Waals surface area contributed by atoms with Gasteiger partial charge in [0.15, 0.2) is 0 Å². The summed E-state index contributed by atoms with van der Waals surface area (Å²) in [5, 5.41) is 0.403. The Morgan fingerprint density at radius 3 is 2.79 bits per heavy atom. The van der Waals surface area contributed by atoms with Crippen LogP contribution in [-0.4, -0.2) is 9.97 Å². The number of H-pyrrole nitrogens is 1. The Balaban J connectivity index is 2.38. The average Bonchev–Trinajstić information content (AvgIpc) is 2.37. The first kappa shape index (κ1) is 14.2. The summed E-state index contributed by atoms with van der Waals surface area (Å²) < 4.78 is 13.6. The molecule has 0 fully saturated rings. The second-order valence-corrected chi connectivity index (χ2v) is 5.15. The SMILES string of the molecule is CCc1[nH]c(Cc2ccc(F)cc2Cl)nc(=S)c1C. The molecule has 2 nitrogen and oxygen atoms in total. The van der Waals surface area contributed by atoms with Gasteiger partial charge in [0.05, 0.1) is 0 Å². The fourth-order valence-electron chi connectivity index (χ4n) is 1.91. The fraction of sp³-hybridized carbons (Fsp3) is 0.286. The van der Waals surface area contributed by atoms with Crippen molar-refractivity contribution in [1.29, 1.82) is 0 Å². The number of aromatic amines is 1. The molecule has 0 amide bonds. The minimum atomic E-state index is -0.340. The van der Waals surface area contributed by atoms with E-state index in [-0.39, 0.29) is 5.82 Å². The van der Waals surface area contributed by atoms with Gasteiger partial charge in [-0.05, 0) is 31.0 Å². The number of benzene rings is 1. The Hall–Kier alpha value is -1.26. The Morgan fingerprint density at radius 1 is 1.42 bits per heavy atom. The molecule has 0 radical (unpaired) electrons. The van der Waals surface area contributed by atoms with Crippen LogP contribution in [0.3, 0.4) is 0 Å². The van der Waals surface area contributed by atoms with E-state index in [2.05, 4.69) is 16.9 Å². The van der Waals surface area contributed by atoms with E-state index < -0.39 is 0 Å².